The summed E-state index contributed by atoms with van der Waals surface area (Å²) in [6.07, 6.45) is 1.55. The number of hydrogen-bond acceptors (Lipinski definition) is 4. The molecule has 25 heavy (non-hydrogen) atoms. The molecule has 1 saturated heterocycles. The molecule has 7 nitrogen and oxygen atoms in total. The van der Waals surface area contributed by atoms with Gasteiger partial charge in [-0.05, 0) is 31.9 Å². The zero-order valence-corrected chi connectivity index (χ0v) is 15.4. The smallest absolute Gasteiger partial charge is 0.252 e. The van der Waals surface area contributed by atoms with Crippen molar-refractivity contribution in [2.75, 3.05) is 19.3 Å². The van der Waals surface area contributed by atoms with Gasteiger partial charge in [0.25, 0.3) is 5.91 Å². The lowest BCUT2D eigenvalue weighted by Gasteiger charge is -2.39. The third kappa shape index (κ3) is 3.28. The van der Waals surface area contributed by atoms with Gasteiger partial charge in [0, 0.05) is 24.7 Å². The number of benzene rings is 1. The Balaban J connectivity index is 2.01. The predicted octanol–water partition coefficient (Wildman–Crippen LogP) is 0.127. The summed E-state index contributed by atoms with van der Waals surface area (Å²) in [5, 5.41) is 5.80. The maximum absolute atomic E-state index is 12.7. The van der Waals surface area contributed by atoms with E-state index in [1.807, 2.05) is 26.0 Å². The molecule has 3 rings (SSSR count). The number of carbonyl (C=O) groups excluding carboxylic acids is 2. The third-order valence-electron chi connectivity index (χ3n) is 4.86. The largest absolute Gasteiger partial charge is 0.354 e. The minimum absolute atomic E-state index is 0.0663. The highest BCUT2D eigenvalue weighted by Crippen LogP contribution is 2.36. The fourth-order valence-corrected chi connectivity index (χ4v) is 4.60. The van der Waals surface area contributed by atoms with Crippen LogP contribution in [-0.4, -0.2) is 55.5 Å². The number of sulfonamides is 1. The van der Waals surface area contributed by atoms with E-state index in [0.29, 0.717) is 12.0 Å². The fraction of sp³-hybridized carbons (Fsp3) is 0.529. The number of fused-ring (bicyclic) bond motifs is 1. The Hall–Kier alpha value is -1.93. The molecule has 2 aliphatic heterocycles. The molecular formula is C17H23N3O4S. The number of nitrogens with zero attached hydrogens (tertiary/aromatic N) is 1. The minimum atomic E-state index is -3.47. The Morgan fingerprint density at radius 1 is 1.36 bits per heavy atom. The van der Waals surface area contributed by atoms with Gasteiger partial charge in [-0.2, -0.15) is 4.31 Å². The lowest BCUT2D eigenvalue weighted by molar-refractivity contribution is -0.126. The summed E-state index contributed by atoms with van der Waals surface area (Å²) >= 11 is 0. The van der Waals surface area contributed by atoms with E-state index in [9.17, 15) is 18.0 Å². The molecule has 8 heteroatoms. The molecule has 0 radical (unpaired) electrons. The fourth-order valence-electron chi connectivity index (χ4n) is 3.72. The highest BCUT2D eigenvalue weighted by Gasteiger charge is 2.55. The maximum Gasteiger partial charge on any atom is 0.252 e. The van der Waals surface area contributed by atoms with E-state index in [1.165, 1.54) is 4.31 Å². The molecule has 0 aromatic heterocycles. The standard InChI is InChI=1S/C17H23N3O4S/c1-11(2)18-16(22)14-9-20(25(3,23)24)10-17(14)8-12-6-4-5-7-13(12)15(21)19-17/h4-7,11,14H,8-10H2,1-3H3,(H,18,22)(H,19,21)/t14-,17+/m0/s1. The molecule has 136 valence electrons. The second kappa shape index (κ2) is 6.10. The van der Waals surface area contributed by atoms with E-state index in [4.69, 9.17) is 0 Å². The van der Waals surface area contributed by atoms with Gasteiger partial charge in [-0.1, -0.05) is 18.2 Å². The molecule has 1 aromatic carbocycles. The Labute approximate surface area is 147 Å². The molecule has 2 N–H and O–H groups in total. The van der Waals surface area contributed by atoms with Crippen LogP contribution < -0.4 is 10.6 Å². The summed E-state index contributed by atoms with van der Waals surface area (Å²) in [6, 6.07) is 7.16. The molecule has 1 aromatic rings. The summed E-state index contributed by atoms with van der Waals surface area (Å²) in [7, 11) is -3.47. The topological polar surface area (TPSA) is 95.6 Å². The number of hydrogen-bond donors (Lipinski definition) is 2. The SMILES string of the molecule is CC(C)NC(=O)[C@@H]1CN(S(C)(=O)=O)C[C@]12Cc1ccccc1C(=O)N2. The van der Waals surface area contributed by atoms with Gasteiger partial charge in [-0.15, -0.1) is 0 Å². The Morgan fingerprint density at radius 3 is 2.68 bits per heavy atom. The normalized spacial score (nSPS) is 26.6. The average Bonchev–Trinajstić information content (AvgIpc) is 2.85. The zero-order chi connectivity index (χ0) is 18.4. The van der Waals surface area contributed by atoms with Crippen molar-refractivity contribution in [1.29, 1.82) is 0 Å². The van der Waals surface area contributed by atoms with Crippen molar-refractivity contribution in [3.63, 3.8) is 0 Å². The van der Waals surface area contributed by atoms with Crippen LogP contribution in [0.5, 0.6) is 0 Å². The van der Waals surface area contributed by atoms with Gasteiger partial charge in [0.1, 0.15) is 0 Å². The van der Waals surface area contributed by atoms with Crippen LogP contribution in [0, 0.1) is 5.92 Å². The predicted molar refractivity (Wildman–Crippen MR) is 93.5 cm³/mol. The minimum Gasteiger partial charge on any atom is -0.354 e. The van der Waals surface area contributed by atoms with Crippen LogP contribution in [0.1, 0.15) is 29.8 Å². The molecule has 2 amide bonds. The van der Waals surface area contributed by atoms with E-state index in [1.54, 1.807) is 12.1 Å². The first-order valence-corrected chi connectivity index (χ1v) is 10.1. The Morgan fingerprint density at radius 2 is 2.04 bits per heavy atom. The highest BCUT2D eigenvalue weighted by molar-refractivity contribution is 7.88. The molecule has 2 heterocycles. The van der Waals surface area contributed by atoms with Crippen LogP contribution in [0.15, 0.2) is 24.3 Å². The quantitative estimate of drug-likeness (QED) is 0.796. The van der Waals surface area contributed by atoms with E-state index in [2.05, 4.69) is 10.6 Å². The van der Waals surface area contributed by atoms with Crippen LogP contribution >= 0.6 is 0 Å². The second-order valence-corrected chi connectivity index (χ2v) is 9.20. The van der Waals surface area contributed by atoms with Crippen molar-refractivity contribution in [3.8, 4) is 0 Å². The van der Waals surface area contributed by atoms with Crippen molar-refractivity contribution >= 4 is 21.8 Å². The average molecular weight is 365 g/mol. The molecule has 0 saturated carbocycles. The first-order chi connectivity index (χ1) is 11.6. The maximum atomic E-state index is 12.7. The van der Waals surface area contributed by atoms with Crippen LogP contribution in [0.25, 0.3) is 0 Å². The van der Waals surface area contributed by atoms with Gasteiger partial charge >= 0.3 is 0 Å². The van der Waals surface area contributed by atoms with Crippen molar-refractivity contribution < 1.29 is 18.0 Å². The van der Waals surface area contributed by atoms with Crippen molar-refractivity contribution in [2.24, 2.45) is 5.92 Å². The number of rotatable bonds is 3. The molecule has 1 spiro atoms. The lowest BCUT2D eigenvalue weighted by atomic mass is 9.77. The third-order valence-corrected chi connectivity index (χ3v) is 6.07. The van der Waals surface area contributed by atoms with E-state index >= 15 is 0 Å². The number of nitrogens with one attached hydrogen (secondary N) is 2. The van der Waals surface area contributed by atoms with E-state index in [0.717, 1.165) is 11.8 Å². The second-order valence-electron chi connectivity index (χ2n) is 7.22. The molecule has 0 aliphatic carbocycles. The first kappa shape index (κ1) is 17.9. The van der Waals surface area contributed by atoms with Crippen LogP contribution in [0.4, 0.5) is 0 Å². The van der Waals surface area contributed by atoms with Gasteiger partial charge < -0.3 is 10.6 Å². The van der Waals surface area contributed by atoms with E-state index in [-0.39, 0.29) is 30.9 Å². The van der Waals surface area contributed by atoms with Gasteiger partial charge in [-0.25, -0.2) is 8.42 Å². The zero-order valence-electron chi connectivity index (χ0n) is 14.6. The molecule has 1 fully saturated rings. The van der Waals surface area contributed by atoms with Crippen molar-refractivity contribution in [3.05, 3.63) is 35.4 Å². The van der Waals surface area contributed by atoms with Gasteiger partial charge in [0.05, 0.1) is 17.7 Å². The van der Waals surface area contributed by atoms with Gasteiger partial charge in [-0.3, -0.25) is 9.59 Å². The van der Waals surface area contributed by atoms with Crippen LogP contribution in [-0.2, 0) is 21.2 Å². The Kier molecular flexibility index (Phi) is 4.36. The van der Waals surface area contributed by atoms with Crippen LogP contribution in [0.2, 0.25) is 0 Å². The van der Waals surface area contributed by atoms with Gasteiger partial charge in [0.15, 0.2) is 0 Å². The van der Waals surface area contributed by atoms with E-state index < -0.39 is 21.5 Å². The summed E-state index contributed by atoms with van der Waals surface area (Å²) in [5.41, 5.74) is 0.492. The lowest BCUT2D eigenvalue weighted by Crippen LogP contribution is -2.62. The summed E-state index contributed by atoms with van der Waals surface area (Å²) < 4.78 is 25.4. The van der Waals surface area contributed by atoms with Crippen molar-refractivity contribution in [2.45, 2.75) is 31.8 Å². The molecular weight excluding hydrogens is 342 g/mol. The highest BCUT2D eigenvalue weighted by atomic mass is 32.2. The summed E-state index contributed by atoms with van der Waals surface area (Å²) in [4.78, 5) is 25.3. The first-order valence-electron chi connectivity index (χ1n) is 8.28. The Bertz CT molecular complexity index is 821. The number of amides is 2. The molecule has 2 aliphatic rings. The number of carbonyl (C=O) groups is 2. The molecule has 0 unspecified atom stereocenters. The molecule has 0 bridgehead atoms. The van der Waals surface area contributed by atoms with Gasteiger partial charge in [0.2, 0.25) is 15.9 Å². The monoisotopic (exact) mass is 365 g/mol. The summed E-state index contributed by atoms with van der Waals surface area (Å²) in [5.74, 6) is -1.14. The van der Waals surface area contributed by atoms with Crippen molar-refractivity contribution in [1.82, 2.24) is 14.9 Å². The molecule has 2 atom stereocenters. The summed E-state index contributed by atoms with van der Waals surface area (Å²) in [6.45, 7) is 3.87. The van der Waals surface area contributed by atoms with Crippen LogP contribution in [0.3, 0.4) is 0 Å².